The van der Waals surface area contributed by atoms with E-state index in [1.165, 1.54) is 23.1 Å². The molecule has 0 spiro atoms. The van der Waals surface area contributed by atoms with Crippen LogP contribution < -0.4 is 10.1 Å². The molecule has 1 atom stereocenters. The van der Waals surface area contributed by atoms with Crippen molar-refractivity contribution in [3.8, 4) is 5.75 Å². The number of ether oxygens (including phenoxy) is 1. The number of amides is 1. The number of nitrogens with one attached hydrogen (secondary N) is 1. The van der Waals surface area contributed by atoms with E-state index in [1.807, 2.05) is 30.5 Å². The lowest BCUT2D eigenvalue weighted by Gasteiger charge is -2.18. The average Bonchev–Trinajstić information content (AvgIpc) is 2.95. The predicted molar refractivity (Wildman–Crippen MR) is 90.9 cm³/mol. The molecule has 1 heterocycles. The first kappa shape index (κ1) is 16.8. The van der Waals surface area contributed by atoms with Gasteiger partial charge in [0.15, 0.2) is 10.4 Å². The lowest BCUT2D eigenvalue weighted by Crippen LogP contribution is -2.30. The Morgan fingerprint density at radius 3 is 2.64 bits per heavy atom. The molecular formula is C15H19N3O2S2. The summed E-state index contributed by atoms with van der Waals surface area (Å²) in [6, 6.07) is 7.77. The van der Waals surface area contributed by atoms with Gasteiger partial charge in [0.2, 0.25) is 5.13 Å². The molecule has 22 heavy (non-hydrogen) atoms. The maximum Gasteiger partial charge on any atom is 0.266 e. The van der Waals surface area contributed by atoms with Gasteiger partial charge in [0.05, 0.1) is 0 Å². The molecule has 1 aromatic heterocycles. The van der Waals surface area contributed by atoms with Crippen LogP contribution in [0, 0.1) is 0 Å². The molecule has 0 saturated heterocycles. The Bertz CT molecular complexity index is 643. The summed E-state index contributed by atoms with van der Waals surface area (Å²) in [5, 5.41) is 11.1. The average molecular weight is 337 g/mol. The van der Waals surface area contributed by atoms with Crippen LogP contribution in [0.2, 0.25) is 0 Å². The zero-order chi connectivity index (χ0) is 16.1. The van der Waals surface area contributed by atoms with E-state index in [1.54, 1.807) is 6.92 Å². The molecule has 0 bridgehead atoms. The van der Waals surface area contributed by atoms with E-state index in [0.717, 1.165) is 15.7 Å². The van der Waals surface area contributed by atoms with Gasteiger partial charge in [-0.05, 0) is 30.7 Å². The zero-order valence-corrected chi connectivity index (χ0v) is 14.6. The fourth-order valence-electron chi connectivity index (χ4n) is 1.86. The summed E-state index contributed by atoms with van der Waals surface area (Å²) < 4.78 is 6.63. The minimum absolute atomic E-state index is 0.234. The number of carbonyl (C=O) groups excluding carboxylic acids is 1. The molecule has 2 rings (SSSR count). The van der Waals surface area contributed by atoms with Crippen molar-refractivity contribution in [2.75, 3.05) is 11.6 Å². The molecule has 0 fully saturated rings. The minimum atomic E-state index is -0.610. The molecule has 118 valence electrons. The number of hydrogen-bond acceptors (Lipinski definition) is 6. The Morgan fingerprint density at radius 2 is 2.00 bits per heavy atom. The molecule has 0 aliphatic carbocycles. The third-order valence-corrected chi connectivity index (χ3v) is 4.84. The van der Waals surface area contributed by atoms with Gasteiger partial charge in [-0.1, -0.05) is 55.1 Å². The SMILES string of the molecule is CSc1nnc(NC(=O)C(C)Oc2ccccc2C(C)C)s1. The highest BCUT2D eigenvalue weighted by molar-refractivity contribution is 8.00. The van der Waals surface area contributed by atoms with Crippen molar-refractivity contribution in [1.82, 2.24) is 10.2 Å². The van der Waals surface area contributed by atoms with Crippen LogP contribution in [0.3, 0.4) is 0 Å². The molecule has 7 heteroatoms. The highest BCUT2D eigenvalue weighted by Crippen LogP contribution is 2.27. The summed E-state index contributed by atoms with van der Waals surface area (Å²) in [6.45, 7) is 5.92. The maximum atomic E-state index is 12.2. The molecule has 1 N–H and O–H groups in total. The first-order chi connectivity index (χ1) is 10.5. The summed E-state index contributed by atoms with van der Waals surface area (Å²) in [5.41, 5.74) is 1.09. The Labute approximate surface area is 138 Å². The van der Waals surface area contributed by atoms with Crippen LogP contribution in [-0.4, -0.2) is 28.5 Å². The van der Waals surface area contributed by atoms with Crippen LogP contribution >= 0.6 is 23.1 Å². The van der Waals surface area contributed by atoms with Gasteiger partial charge in [-0.2, -0.15) is 0 Å². The van der Waals surface area contributed by atoms with Gasteiger partial charge in [0.1, 0.15) is 5.75 Å². The monoisotopic (exact) mass is 337 g/mol. The minimum Gasteiger partial charge on any atom is -0.481 e. The number of hydrogen-bond donors (Lipinski definition) is 1. The summed E-state index contributed by atoms with van der Waals surface area (Å²) >= 11 is 2.84. The molecule has 1 amide bonds. The van der Waals surface area contributed by atoms with Crippen LogP contribution in [0.1, 0.15) is 32.3 Å². The van der Waals surface area contributed by atoms with Gasteiger partial charge >= 0.3 is 0 Å². The van der Waals surface area contributed by atoms with Gasteiger partial charge in [0, 0.05) is 0 Å². The normalized spacial score (nSPS) is 12.2. The van der Waals surface area contributed by atoms with Crippen LogP contribution in [0.5, 0.6) is 5.75 Å². The highest BCUT2D eigenvalue weighted by atomic mass is 32.2. The van der Waals surface area contributed by atoms with E-state index in [4.69, 9.17) is 4.74 Å². The van der Waals surface area contributed by atoms with Gasteiger partial charge in [-0.25, -0.2) is 0 Å². The van der Waals surface area contributed by atoms with Crippen LogP contribution in [0.15, 0.2) is 28.6 Å². The summed E-state index contributed by atoms with van der Waals surface area (Å²) in [6.07, 6.45) is 1.31. The van der Waals surface area contributed by atoms with Crippen molar-refractivity contribution >= 4 is 34.1 Å². The molecule has 0 aliphatic heterocycles. The number of anilines is 1. The third kappa shape index (κ3) is 4.20. The van der Waals surface area contributed by atoms with Crippen molar-refractivity contribution in [2.45, 2.75) is 37.1 Å². The Morgan fingerprint density at radius 1 is 1.27 bits per heavy atom. The quantitative estimate of drug-likeness (QED) is 0.642. The number of benzene rings is 1. The van der Waals surface area contributed by atoms with E-state index in [-0.39, 0.29) is 5.91 Å². The van der Waals surface area contributed by atoms with E-state index >= 15 is 0 Å². The molecule has 5 nitrogen and oxygen atoms in total. The molecule has 1 unspecified atom stereocenters. The molecule has 0 aliphatic rings. The summed E-state index contributed by atoms with van der Waals surface area (Å²) in [7, 11) is 0. The molecule has 1 aromatic carbocycles. The Balaban J connectivity index is 2.02. The summed E-state index contributed by atoms with van der Waals surface area (Å²) in [5.74, 6) is 0.836. The van der Waals surface area contributed by atoms with Crippen molar-refractivity contribution in [2.24, 2.45) is 0 Å². The fourth-order valence-corrected chi connectivity index (χ4v) is 3.03. The third-order valence-electron chi connectivity index (χ3n) is 3.03. The number of aromatic nitrogens is 2. The summed E-state index contributed by atoms with van der Waals surface area (Å²) in [4.78, 5) is 12.2. The standard InChI is InChI=1S/C15H19N3O2S2/c1-9(2)11-7-5-6-8-12(11)20-10(3)13(19)16-14-17-18-15(21-4)22-14/h5-10H,1-4H3,(H,16,17,19). The van der Waals surface area contributed by atoms with Crippen molar-refractivity contribution in [3.63, 3.8) is 0 Å². The van der Waals surface area contributed by atoms with Gasteiger partial charge in [-0.15, -0.1) is 10.2 Å². The second kappa shape index (κ2) is 7.60. The zero-order valence-electron chi connectivity index (χ0n) is 13.0. The molecule has 0 radical (unpaired) electrons. The highest BCUT2D eigenvalue weighted by Gasteiger charge is 2.18. The lowest BCUT2D eigenvalue weighted by molar-refractivity contribution is -0.122. The first-order valence-corrected chi connectivity index (χ1v) is 8.99. The van der Waals surface area contributed by atoms with Crippen LogP contribution in [0.4, 0.5) is 5.13 Å². The van der Waals surface area contributed by atoms with Gasteiger partial charge < -0.3 is 4.74 Å². The fraction of sp³-hybridized carbons (Fsp3) is 0.400. The van der Waals surface area contributed by atoms with E-state index in [0.29, 0.717) is 11.0 Å². The van der Waals surface area contributed by atoms with Crippen molar-refractivity contribution < 1.29 is 9.53 Å². The first-order valence-electron chi connectivity index (χ1n) is 6.95. The molecule has 2 aromatic rings. The predicted octanol–water partition coefficient (Wildman–Crippen LogP) is 3.79. The van der Waals surface area contributed by atoms with Crippen molar-refractivity contribution in [3.05, 3.63) is 29.8 Å². The Kier molecular flexibility index (Phi) is 5.79. The number of nitrogens with zero attached hydrogens (tertiary/aromatic N) is 2. The van der Waals surface area contributed by atoms with E-state index in [9.17, 15) is 4.79 Å². The van der Waals surface area contributed by atoms with E-state index in [2.05, 4.69) is 29.4 Å². The second-order valence-electron chi connectivity index (χ2n) is 5.02. The van der Waals surface area contributed by atoms with Gasteiger partial charge in [0.25, 0.3) is 5.91 Å². The van der Waals surface area contributed by atoms with Gasteiger partial charge in [-0.3, -0.25) is 10.1 Å². The Hall–Kier alpha value is -1.60. The number of carbonyl (C=O) groups is 1. The second-order valence-corrected chi connectivity index (χ2v) is 7.05. The van der Waals surface area contributed by atoms with Crippen LogP contribution in [0.25, 0.3) is 0 Å². The number of para-hydroxylation sites is 1. The van der Waals surface area contributed by atoms with Crippen LogP contribution in [-0.2, 0) is 4.79 Å². The van der Waals surface area contributed by atoms with Crippen molar-refractivity contribution in [1.29, 1.82) is 0 Å². The molecule has 0 saturated carbocycles. The van der Waals surface area contributed by atoms with E-state index < -0.39 is 6.10 Å². The smallest absolute Gasteiger partial charge is 0.266 e. The lowest BCUT2D eigenvalue weighted by atomic mass is 10.0. The topological polar surface area (TPSA) is 64.1 Å². The molecular weight excluding hydrogens is 318 g/mol. The maximum absolute atomic E-state index is 12.2. The number of thioether (sulfide) groups is 1. The number of rotatable bonds is 6. The largest absolute Gasteiger partial charge is 0.481 e.